The number of furan rings is 1. The molecule has 8 heteroatoms. The van der Waals surface area contributed by atoms with Gasteiger partial charge in [0.05, 0.1) is 16.7 Å². The van der Waals surface area contributed by atoms with Crippen molar-refractivity contribution in [3.8, 4) is 17.4 Å². The Morgan fingerprint density at radius 1 is 1.29 bits per heavy atom. The van der Waals surface area contributed by atoms with Crippen molar-refractivity contribution in [2.75, 3.05) is 0 Å². The average molecular weight is 456 g/mol. The summed E-state index contributed by atoms with van der Waals surface area (Å²) in [5.74, 6) is 1.13. The molecule has 140 valence electrons. The van der Waals surface area contributed by atoms with Crippen LogP contribution in [0.15, 0.2) is 44.2 Å². The molecule has 3 aromatic rings. The van der Waals surface area contributed by atoms with Crippen LogP contribution in [0.3, 0.4) is 0 Å². The van der Waals surface area contributed by atoms with Crippen LogP contribution in [0.1, 0.15) is 34.6 Å². The fourth-order valence-electron chi connectivity index (χ4n) is 3.26. The van der Waals surface area contributed by atoms with Crippen molar-refractivity contribution in [2.45, 2.75) is 25.7 Å². The fourth-order valence-corrected chi connectivity index (χ4v) is 5.01. The van der Waals surface area contributed by atoms with Gasteiger partial charge in [-0.05, 0) is 65.4 Å². The molecule has 0 saturated heterocycles. The second kappa shape index (κ2) is 7.70. The molecule has 6 nitrogen and oxygen atoms in total. The Morgan fingerprint density at radius 3 is 2.86 bits per heavy atom. The smallest absolute Gasteiger partial charge is 0.270 e. The third-order valence-electron chi connectivity index (χ3n) is 4.63. The van der Waals surface area contributed by atoms with Gasteiger partial charge in [-0.2, -0.15) is 5.26 Å². The molecule has 0 atom stereocenters. The highest BCUT2D eigenvalue weighted by Gasteiger charge is 2.20. The summed E-state index contributed by atoms with van der Waals surface area (Å²) in [6, 6.07) is 10.4. The first kappa shape index (κ1) is 18.6. The number of nitro benzene ring substituents is 1. The number of fused-ring (bicyclic) bond motifs is 1. The average Bonchev–Trinajstić information content (AvgIpc) is 3.30. The minimum Gasteiger partial charge on any atom is -0.455 e. The summed E-state index contributed by atoms with van der Waals surface area (Å²) in [7, 11) is 0. The lowest BCUT2D eigenvalue weighted by Crippen LogP contribution is -1.99. The number of aliphatic imine (C=N–C) groups is 1. The minimum atomic E-state index is -0.442. The van der Waals surface area contributed by atoms with Gasteiger partial charge in [0.1, 0.15) is 22.6 Å². The summed E-state index contributed by atoms with van der Waals surface area (Å²) in [4.78, 5) is 16.2. The van der Waals surface area contributed by atoms with Crippen LogP contribution in [-0.4, -0.2) is 11.1 Å². The number of aryl methyl sites for hydroxylation is 1. The van der Waals surface area contributed by atoms with Gasteiger partial charge in [0, 0.05) is 27.0 Å². The van der Waals surface area contributed by atoms with E-state index in [0.29, 0.717) is 21.6 Å². The van der Waals surface area contributed by atoms with Crippen molar-refractivity contribution < 1.29 is 9.34 Å². The number of thiophene rings is 1. The third kappa shape index (κ3) is 3.51. The number of nitriles is 1. The minimum absolute atomic E-state index is 0.00895. The second-order valence-electron chi connectivity index (χ2n) is 6.38. The van der Waals surface area contributed by atoms with E-state index in [9.17, 15) is 15.4 Å². The Morgan fingerprint density at radius 2 is 2.11 bits per heavy atom. The van der Waals surface area contributed by atoms with Crippen LogP contribution >= 0.6 is 27.3 Å². The molecule has 4 rings (SSSR count). The summed E-state index contributed by atoms with van der Waals surface area (Å²) in [5.41, 5.74) is 2.56. The molecule has 0 amide bonds. The molecule has 0 unspecified atom stereocenters. The van der Waals surface area contributed by atoms with Gasteiger partial charge in [0.2, 0.25) is 0 Å². The van der Waals surface area contributed by atoms with E-state index in [0.717, 1.165) is 41.8 Å². The SMILES string of the molecule is N#Cc1c(N=Cc2ccc(-c3ccc([N+](=O)[O-])cc3Br)o2)sc2c1CCCC2. The maximum Gasteiger partial charge on any atom is 0.270 e. The zero-order valence-electron chi connectivity index (χ0n) is 14.6. The third-order valence-corrected chi connectivity index (χ3v) is 6.49. The lowest BCUT2D eigenvalue weighted by Gasteiger charge is -2.09. The Hall–Kier alpha value is -2.76. The maximum absolute atomic E-state index is 10.9. The molecule has 1 aliphatic carbocycles. The van der Waals surface area contributed by atoms with Crippen LogP contribution in [0.4, 0.5) is 10.7 Å². The standard InChI is InChI=1S/C20H14BrN3O3S/c21-17-9-12(24(25)26)5-7-15(17)18-8-6-13(27-18)11-23-20-16(10-22)14-3-1-2-4-19(14)28-20/h5-9,11H,1-4H2. The van der Waals surface area contributed by atoms with E-state index in [1.54, 1.807) is 35.8 Å². The molecule has 0 fully saturated rings. The van der Waals surface area contributed by atoms with Crippen molar-refractivity contribution in [1.82, 2.24) is 0 Å². The van der Waals surface area contributed by atoms with E-state index in [-0.39, 0.29) is 5.69 Å². The molecule has 2 aromatic heterocycles. The highest BCUT2D eigenvalue weighted by Crippen LogP contribution is 2.39. The maximum atomic E-state index is 10.9. The van der Waals surface area contributed by atoms with E-state index in [1.165, 1.54) is 17.0 Å². The van der Waals surface area contributed by atoms with E-state index < -0.39 is 4.92 Å². The lowest BCUT2D eigenvalue weighted by atomic mass is 9.96. The van der Waals surface area contributed by atoms with Crippen molar-refractivity contribution in [2.24, 2.45) is 4.99 Å². The topological polar surface area (TPSA) is 92.4 Å². The summed E-state index contributed by atoms with van der Waals surface area (Å²) in [5, 5.41) is 21.1. The summed E-state index contributed by atoms with van der Waals surface area (Å²) in [6.45, 7) is 0. The predicted octanol–water partition coefficient (Wildman–Crippen LogP) is 6.18. The lowest BCUT2D eigenvalue weighted by molar-refractivity contribution is -0.384. The monoisotopic (exact) mass is 455 g/mol. The van der Waals surface area contributed by atoms with Gasteiger partial charge in [0.15, 0.2) is 0 Å². The predicted molar refractivity (Wildman–Crippen MR) is 111 cm³/mol. The van der Waals surface area contributed by atoms with Crippen molar-refractivity contribution >= 4 is 44.2 Å². The number of halogens is 1. The van der Waals surface area contributed by atoms with Gasteiger partial charge >= 0.3 is 0 Å². The van der Waals surface area contributed by atoms with Crippen LogP contribution < -0.4 is 0 Å². The zero-order valence-corrected chi connectivity index (χ0v) is 17.0. The van der Waals surface area contributed by atoms with Gasteiger partial charge < -0.3 is 4.42 Å². The summed E-state index contributed by atoms with van der Waals surface area (Å²) >= 11 is 4.94. The van der Waals surface area contributed by atoms with Crippen molar-refractivity contribution in [1.29, 1.82) is 5.26 Å². The number of hydrogen-bond donors (Lipinski definition) is 0. The van der Waals surface area contributed by atoms with Gasteiger partial charge in [-0.15, -0.1) is 11.3 Å². The van der Waals surface area contributed by atoms with E-state index >= 15 is 0 Å². The Bertz CT molecular complexity index is 1140. The normalized spacial score (nSPS) is 13.4. The molecule has 1 aliphatic rings. The number of non-ortho nitro benzene ring substituents is 1. The van der Waals surface area contributed by atoms with Crippen LogP contribution in [0.5, 0.6) is 0 Å². The molecule has 28 heavy (non-hydrogen) atoms. The molecule has 2 heterocycles. The molecule has 0 saturated carbocycles. The van der Waals surface area contributed by atoms with Crippen molar-refractivity contribution in [3.63, 3.8) is 0 Å². The van der Waals surface area contributed by atoms with Gasteiger partial charge in [-0.1, -0.05) is 0 Å². The molecular weight excluding hydrogens is 442 g/mol. The highest BCUT2D eigenvalue weighted by molar-refractivity contribution is 9.10. The van der Waals surface area contributed by atoms with E-state index in [1.807, 2.05) is 0 Å². The fraction of sp³-hybridized carbons (Fsp3) is 0.200. The quantitative estimate of drug-likeness (QED) is 0.266. The number of nitrogens with zero attached hydrogens (tertiary/aromatic N) is 3. The van der Waals surface area contributed by atoms with Gasteiger partial charge in [-0.3, -0.25) is 10.1 Å². The second-order valence-corrected chi connectivity index (χ2v) is 8.32. The Labute approximate surface area is 173 Å². The number of hydrogen-bond acceptors (Lipinski definition) is 6. The first-order valence-electron chi connectivity index (χ1n) is 8.69. The molecule has 1 aromatic carbocycles. The van der Waals surface area contributed by atoms with Crippen LogP contribution in [0, 0.1) is 21.4 Å². The first-order valence-corrected chi connectivity index (χ1v) is 10.3. The number of benzene rings is 1. The van der Waals surface area contributed by atoms with Crippen LogP contribution in [-0.2, 0) is 12.8 Å². The molecule has 0 N–H and O–H groups in total. The zero-order chi connectivity index (χ0) is 19.7. The molecular formula is C20H14BrN3O3S. The van der Waals surface area contributed by atoms with Gasteiger partial charge in [0.25, 0.3) is 5.69 Å². The molecule has 0 spiro atoms. The van der Waals surface area contributed by atoms with Crippen LogP contribution in [0.25, 0.3) is 11.3 Å². The Balaban J connectivity index is 1.60. The number of nitro groups is 1. The molecule has 0 aliphatic heterocycles. The molecule has 0 bridgehead atoms. The Kier molecular flexibility index (Phi) is 5.11. The molecule has 0 radical (unpaired) electrons. The van der Waals surface area contributed by atoms with Crippen molar-refractivity contribution in [3.05, 3.63) is 66.7 Å². The van der Waals surface area contributed by atoms with E-state index in [4.69, 9.17) is 4.42 Å². The van der Waals surface area contributed by atoms with E-state index in [2.05, 4.69) is 27.0 Å². The van der Waals surface area contributed by atoms with Gasteiger partial charge in [-0.25, -0.2) is 4.99 Å². The summed E-state index contributed by atoms with van der Waals surface area (Å²) in [6.07, 6.45) is 5.86. The first-order chi connectivity index (χ1) is 13.6. The largest absolute Gasteiger partial charge is 0.455 e. The number of rotatable bonds is 4. The summed E-state index contributed by atoms with van der Waals surface area (Å²) < 4.78 is 6.40. The highest BCUT2D eigenvalue weighted by atomic mass is 79.9. The van der Waals surface area contributed by atoms with Crippen LogP contribution in [0.2, 0.25) is 0 Å².